The number of rotatable bonds is 10. The first-order valence-corrected chi connectivity index (χ1v) is 11.6. The molecule has 1 aliphatic heterocycles. The highest BCUT2D eigenvalue weighted by Gasteiger charge is 2.41. The second-order valence-electron chi connectivity index (χ2n) is 5.33. The first-order valence-electron chi connectivity index (χ1n) is 7.26. The molecule has 0 spiro atoms. The van der Waals surface area contributed by atoms with E-state index in [0.29, 0.717) is 13.2 Å². The van der Waals surface area contributed by atoms with Crippen molar-refractivity contribution in [3.8, 4) is 0 Å². The van der Waals surface area contributed by atoms with E-state index in [1.54, 1.807) is 27.4 Å². The van der Waals surface area contributed by atoms with Gasteiger partial charge < -0.3 is 28.0 Å². The van der Waals surface area contributed by atoms with Gasteiger partial charge in [-0.25, -0.2) is 0 Å². The Morgan fingerprint density at radius 2 is 2.14 bits per heavy atom. The Balaban J connectivity index is 2.51. The molecule has 8 heteroatoms. The fraction of sp³-hybridized carbons (Fsp3) is 0.846. The van der Waals surface area contributed by atoms with Crippen molar-refractivity contribution in [2.24, 2.45) is 0 Å². The third kappa shape index (κ3) is 6.70. The molecule has 0 radical (unpaired) electrons. The van der Waals surface area contributed by atoms with E-state index in [2.05, 4.69) is 18.0 Å². The monoisotopic (exact) mass is 335 g/mol. The van der Waals surface area contributed by atoms with Crippen molar-refractivity contribution in [1.82, 2.24) is 4.90 Å². The van der Waals surface area contributed by atoms with Crippen molar-refractivity contribution in [3.63, 3.8) is 0 Å². The molecule has 0 N–H and O–H groups in total. The molecular formula is C13H29NO5Si2. The molecular weight excluding hydrogens is 306 g/mol. The molecule has 124 valence electrons. The average Bonchev–Trinajstić information content (AvgIpc) is 2.48. The van der Waals surface area contributed by atoms with Gasteiger partial charge in [0.15, 0.2) is 0 Å². The minimum absolute atomic E-state index is 0.0289. The van der Waals surface area contributed by atoms with Crippen molar-refractivity contribution in [1.29, 1.82) is 0 Å². The van der Waals surface area contributed by atoms with Crippen LogP contribution >= 0.6 is 0 Å². The molecule has 1 rings (SSSR count). The second-order valence-corrected chi connectivity index (χ2v) is 10.2. The Labute approximate surface area is 131 Å². The SMILES string of the molecule is C=CCOCC1CN(C[SiH2]C(OC)OC)C[Si](C)(OC)O1. The van der Waals surface area contributed by atoms with Gasteiger partial charge in [0.2, 0.25) is 0 Å². The Morgan fingerprint density at radius 3 is 2.71 bits per heavy atom. The molecule has 0 aromatic carbocycles. The number of hydrogen-bond donors (Lipinski definition) is 0. The number of methoxy groups -OCH3 is 2. The van der Waals surface area contributed by atoms with Crippen LogP contribution in [0.15, 0.2) is 12.7 Å². The van der Waals surface area contributed by atoms with Gasteiger partial charge in [-0.3, -0.25) is 0 Å². The van der Waals surface area contributed by atoms with Gasteiger partial charge in [-0.05, 0) is 12.7 Å². The van der Waals surface area contributed by atoms with Crippen LogP contribution in [0.5, 0.6) is 0 Å². The van der Waals surface area contributed by atoms with Gasteiger partial charge in [0, 0.05) is 34.0 Å². The minimum atomic E-state index is -2.13. The van der Waals surface area contributed by atoms with Crippen LogP contribution in [0.3, 0.4) is 0 Å². The van der Waals surface area contributed by atoms with Crippen LogP contribution in [-0.2, 0) is 23.1 Å². The summed E-state index contributed by atoms with van der Waals surface area (Å²) in [5.41, 5.74) is 0. The summed E-state index contributed by atoms with van der Waals surface area (Å²) in [6.45, 7) is 7.76. The quantitative estimate of drug-likeness (QED) is 0.240. The van der Waals surface area contributed by atoms with E-state index in [-0.39, 0.29) is 12.0 Å². The summed E-state index contributed by atoms with van der Waals surface area (Å²) in [6.07, 6.45) is 3.73. The standard InChI is InChI=1S/C13H29NO5Si2/c1-6-7-18-9-12-8-14(10-20-13(15-2)16-3)11-21(5,17-4)19-12/h6,12-13H,1,7-11,20H2,2-5H3. The summed E-state index contributed by atoms with van der Waals surface area (Å²) < 4.78 is 27.9. The third-order valence-corrected chi connectivity index (χ3v) is 8.31. The van der Waals surface area contributed by atoms with Crippen LogP contribution < -0.4 is 0 Å². The topological polar surface area (TPSA) is 49.4 Å². The van der Waals surface area contributed by atoms with Crippen LogP contribution in [0.2, 0.25) is 6.55 Å². The van der Waals surface area contributed by atoms with E-state index in [4.69, 9.17) is 23.1 Å². The average molecular weight is 336 g/mol. The summed E-state index contributed by atoms with van der Waals surface area (Å²) in [4.78, 5) is 2.42. The van der Waals surface area contributed by atoms with Gasteiger partial charge in [-0.15, -0.1) is 6.58 Å². The maximum absolute atomic E-state index is 6.13. The first-order chi connectivity index (χ1) is 10.1. The lowest BCUT2D eigenvalue weighted by Gasteiger charge is -2.42. The van der Waals surface area contributed by atoms with Crippen LogP contribution in [0.4, 0.5) is 0 Å². The molecule has 1 fully saturated rings. The zero-order valence-electron chi connectivity index (χ0n) is 13.7. The maximum Gasteiger partial charge on any atom is 0.349 e. The molecule has 0 bridgehead atoms. The minimum Gasteiger partial charge on any atom is -0.397 e. The Hall–Kier alpha value is -0.0662. The van der Waals surface area contributed by atoms with Crippen LogP contribution in [-0.4, -0.2) is 88.4 Å². The van der Waals surface area contributed by atoms with Gasteiger partial charge in [-0.1, -0.05) is 6.08 Å². The smallest absolute Gasteiger partial charge is 0.349 e. The third-order valence-electron chi connectivity index (χ3n) is 3.57. The van der Waals surface area contributed by atoms with Crippen molar-refractivity contribution in [2.75, 3.05) is 53.4 Å². The summed E-state index contributed by atoms with van der Waals surface area (Å²) >= 11 is 0. The first kappa shape index (κ1) is 19.0. The van der Waals surface area contributed by atoms with Crippen LogP contribution in [0.25, 0.3) is 0 Å². The Morgan fingerprint density at radius 1 is 1.43 bits per heavy atom. The van der Waals surface area contributed by atoms with E-state index in [1.807, 2.05) is 0 Å². The van der Waals surface area contributed by atoms with Crippen molar-refractivity contribution >= 4 is 18.1 Å². The molecule has 0 aromatic heterocycles. The van der Waals surface area contributed by atoms with E-state index in [0.717, 1.165) is 18.9 Å². The van der Waals surface area contributed by atoms with Crippen molar-refractivity contribution < 1.29 is 23.1 Å². The molecule has 0 aliphatic carbocycles. The Kier molecular flexibility index (Phi) is 8.90. The summed E-state index contributed by atoms with van der Waals surface area (Å²) in [5, 5.41) is 0. The molecule has 6 nitrogen and oxygen atoms in total. The van der Waals surface area contributed by atoms with E-state index >= 15 is 0 Å². The second kappa shape index (κ2) is 9.85. The van der Waals surface area contributed by atoms with Gasteiger partial charge in [0.05, 0.1) is 19.3 Å². The van der Waals surface area contributed by atoms with Gasteiger partial charge >= 0.3 is 8.56 Å². The molecule has 0 aromatic rings. The van der Waals surface area contributed by atoms with E-state index in [1.165, 1.54) is 0 Å². The molecule has 0 amide bonds. The lowest BCUT2D eigenvalue weighted by molar-refractivity contribution is -0.0459. The lowest BCUT2D eigenvalue weighted by atomic mass is 10.3. The van der Waals surface area contributed by atoms with Crippen molar-refractivity contribution in [2.45, 2.75) is 18.6 Å². The van der Waals surface area contributed by atoms with Gasteiger partial charge in [-0.2, -0.15) is 0 Å². The van der Waals surface area contributed by atoms with Gasteiger partial charge in [0.1, 0.15) is 15.4 Å². The molecule has 1 saturated heterocycles. The summed E-state index contributed by atoms with van der Waals surface area (Å²) in [6, 6.07) is 0. The predicted octanol–water partition coefficient (Wildman–Crippen LogP) is -0.150. The Bertz CT molecular complexity index is 306. The number of hydrogen-bond acceptors (Lipinski definition) is 6. The maximum atomic E-state index is 6.13. The molecule has 1 heterocycles. The largest absolute Gasteiger partial charge is 0.397 e. The molecule has 2 unspecified atom stereocenters. The lowest BCUT2D eigenvalue weighted by Crippen LogP contribution is -2.61. The highest BCUT2D eigenvalue weighted by atomic mass is 28.4. The van der Waals surface area contributed by atoms with Crippen LogP contribution in [0, 0.1) is 0 Å². The van der Waals surface area contributed by atoms with Gasteiger partial charge in [0.25, 0.3) is 0 Å². The number of nitrogens with zero attached hydrogens (tertiary/aromatic N) is 1. The molecule has 0 saturated carbocycles. The zero-order chi connectivity index (χ0) is 15.7. The zero-order valence-corrected chi connectivity index (χ0v) is 16.1. The molecule has 2 atom stereocenters. The fourth-order valence-corrected chi connectivity index (χ4v) is 6.41. The summed E-state index contributed by atoms with van der Waals surface area (Å²) in [5.74, 6) is -0.0289. The highest BCUT2D eigenvalue weighted by molar-refractivity contribution is 6.66. The highest BCUT2D eigenvalue weighted by Crippen LogP contribution is 2.18. The molecule has 21 heavy (non-hydrogen) atoms. The normalized spacial score (nSPS) is 27.8. The van der Waals surface area contributed by atoms with E-state index < -0.39 is 18.1 Å². The van der Waals surface area contributed by atoms with Crippen molar-refractivity contribution in [3.05, 3.63) is 12.7 Å². The number of ether oxygens (including phenoxy) is 3. The molecule has 1 aliphatic rings. The van der Waals surface area contributed by atoms with Crippen LogP contribution in [0.1, 0.15) is 0 Å². The fourth-order valence-electron chi connectivity index (χ4n) is 2.46. The predicted molar refractivity (Wildman–Crippen MR) is 87.3 cm³/mol. The summed E-state index contributed by atoms with van der Waals surface area (Å²) in [7, 11) is 2.51. The van der Waals surface area contributed by atoms with E-state index in [9.17, 15) is 0 Å².